The maximum atomic E-state index is 13.2. The van der Waals surface area contributed by atoms with Gasteiger partial charge in [0, 0.05) is 35.2 Å². The molecule has 1 atom stereocenters. The van der Waals surface area contributed by atoms with Crippen molar-refractivity contribution in [1.82, 2.24) is 4.90 Å². The van der Waals surface area contributed by atoms with Crippen molar-refractivity contribution >= 4 is 29.1 Å². The van der Waals surface area contributed by atoms with Crippen molar-refractivity contribution in [2.24, 2.45) is 11.3 Å². The number of aliphatic hydroxyl groups is 1. The van der Waals surface area contributed by atoms with E-state index in [4.69, 9.17) is 23.2 Å². The summed E-state index contributed by atoms with van der Waals surface area (Å²) < 4.78 is 0. The van der Waals surface area contributed by atoms with Crippen molar-refractivity contribution in [3.8, 4) is 11.1 Å². The minimum atomic E-state index is 0.0141. The molecule has 1 aliphatic carbocycles. The van der Waals surface area contributed by atoms with Crippen molar-refractivity contribution in [2.75, 3.05) is 13.2 Å². The first kappa shape index (κ1) is 22.6. The molecule has 31 heavy (non-hydrogen) atoms. The summed E-state index contributed by atoms with van der Waals surface area (Å²) in [6, 6.07) is 14.2. The number of amides is 1. The zero-order valence-corrected chi connectivity index (χ0v) is 19.6. The van der Waals surface area contributed by atoms with Crippen molar-refractivity contribution < 1.29 is 9.90 Å². The monoisotopic (exact) mass is 459 g/mol. The first-order valence-corrected chi connectivity index (χ1v) is 12.1. The fourth-order valence-corrected chi connectivity index (χ4v) is 5.72. The number of benzene rings is 2. The molecule has 1 heterocycles. The molecule has 0 bridgehead atoms. The lowest BCUT2D eigenvalue weighted by molar-refractivity contribution is -0.134. The standard InChI is InChI=1S/C26H31Cl2NO2/c1-26(12-14-30)10-7-23(8-11-26)29-13-9-21(25(29)31)15-20-6-5-19(17-24(20)28)18-3-2-4-22(27)16-18/h2-6,16-17,21,23,30H,7-15H2,1H3. The molecule has 5 heteroatoms. The Morgan fingerprint density at radius 3 is 2.48 bits per heavy atom. The zero-order valence-electron chi connectivity index (χ0n) is 18.1. The molecule has 0 radical (unpaired) electrons. The number of likely N-dealkylation sites (tertiary alicyclic amines) is 1. The van der Waals surface area contributed by atoms with Gasteiger partial charge in [-0.1, -0.05) is 54.4 Å². The molecule has 2 aromatic carbocycles. The number of hydrogen-bond acceptors (Lipinski definition) is 2. The van der Waals surface area contributed by atoms with E-state index in [-0.39, 0.29) is 23.8 Å². The summed E-state index contributed by atoms with van der Waals surface area (Å²) in [7, 11) is 0. The Balaban J connectivity index is 1.39. The molecule has 1 amide bonds. The van der Waals surface area contributed by atoms with Crippen LogP contribution < -0.4 is 0 Å². The van der Waals surface area contributed by atoms with Crippen molar-refractivity contribution in [3.05, 3.63) is 58.1 Å². The fraction of sp³-hybridized carbons (Fsp3) is 0.500. The number of hydrogen-bond donors (Lipinski definition) is 1. The zero-order chi connectivity index (χ0) is 22.0. The van der Waals surface area contributed by atoms with Gasteiger partial charge < -0.3 is 10.0 Å². The highest BCUT2D eigenvalue weighted by Gasteiger charge is 2.39. The first-order chi connectivity index (χ1) is 14.9. The van der Waals surface area contributed by atoms with E-state index in [2.05, 4.69) is 24.0 Å². The number of aliphatic hydroxyl groups excluding tert-OH is 1. The predicted octanol–water partition coefficient (Wildman–Crippen LogP) is 6.38. The number of carbonyl (C=O) groups excluding carboxylic acids is 1. The lowest BCUT2D eigenvalue weighted by atomic mass is 9.72. The van der Waals surface area contributed by atoms with Crippen LogP contribution in [0.3, 0.4) is 0 Å². The number of nitrogens with zero attached hydrogens (tertiary/aromatic N) is 1. The molecule has 1 unspecified atom stereocenters. The third-order valence-electron chi connectivity index (χ3n) is 7.35. The SMILES string of the molecule is CC1(CCO)CCC(N2CCC(Cc3ccc(-c4cccc(Cl)c4)cc3Cl)C2=O)CC1. The summed E-state index contributed by atoms with van der Waals surface area (Å²) in [6.07, 6.45) is 6.72. The molecule has 1 saturated carbocycles. The quantitative estimate of drug-likeness (QED) is 0.543. The van der Waals surface area contributed by atoms with E-state index in [1.54, 1.807) is 0 Å². The van der Waals surface area contributed by atoms with Gasteiger partial charge in [-0.2, -0.15) is 0 Å². The molecule has 1 saturated heterocycles. The number of rotatable bonds is 6. The minimum Gasteiger partial charge on any atom is -0.396 e. The highest BCUT2D eigenvalue weighted by atomic mass is 35.5. The molecular weight excluding hydrogens is 429 g/mol. The van der Waals surface area contributed by atoms with Gasteiger partial charge in [-0.05, 0) is 85.3 Å². The third-order valence-corrected chi connectivity index (χ3v) is 7.93. The Hall–Kier alpha value is -1.55. The Morgan fingerprint density at radius 2 is 1.81 bits per heavy atom. The van der Waals surface area contributed by atoms with Gasteiger partial charge in [0.1, 0.15) is 0 Å². The van der Waals surface area contributed by atoms with Gasteiger partial charge in [0.15, 0.2) is 0 Å². The smallest absolute Gasteiger partial charge is 0.226 e. The van der Waals surface area contributed by atoms with Gasteiger partial charge >= 0.3 is 0 Å². The van der Waals surface area contributed by atoms with E-state index >= 15 is 0 Å². The van der Waals surface area contributed by atoms with Crippen LogP contribution in [0, 0.1) is 11.3 Å². The normalized spacial score (nSPS) is 26.5. The van der Waals surface area contributed by atoms with Crippen LogP contribution in [-0.2, 0) is 11.2 Å². The molecule has 1 N–H and O–H groups in total. The predicted molar refractivity (Wildman–Crippen MR) is 127 cm³/mol. The fourth-order valence-electron chi connectivity index (χ4n) is 5.27. The third kappa shape index (κ3) is 5.10. The Kier molecular flexibility index (Phi) is 6.95. The summed E-state index contributed by atoms with van der Waals surface area (Å²) >= 11 is 12.7. The first-order valence-electron chi connectivity index (χ1n) is 11.3. The molecule has 2 fully saturated rings. The van der Waals surface area contributed by atoms with E-state index in [1.807, 2.05) is 30.3 Å². The highest BCUT2D eigenvalue weighted by Crippen LogP contribution is 2.41. The maximum absolute atomic E-state index is 13.2. The van der Waals surface area contributed by atoms with Gasteiger partial charge in [-0.25, -0.2) is 0 Å². The van der Waals surface area contributed by atoms with Crippen LogP contribution in [-0.4, -0.2) is 35.1 Å². The summed E-state index contributed by atoms with van der Waals surface area (Å²) in [4.78, 5) is 15.3. The van der Waals surface area contributed by atoms with E-state index in [0.29, 0.717) is 22.5 Å². The summed E-state index contributed by atoms with van der Waals surface area (Å²) in [6.45, 7) is 3.37. The second-order valence-electron chi connectivity index (χ2n) is 9.55. The van der Waals surface area contributed by atoms with Gasteiger partial charge in [0.05, 0.1) is 0 Å². The van der Waals surface area contributed by atoms with Crippen LogP contribution in [0.4, 0.5) is 0 Å². The van der Waals surface area contributed by atoms with Crippen LogP contribution >= 0.6 is 23.2 Å². The second-order valence-corrected chi connectivity index (χ2v) is 10.4. The summed E-state index contributed by atoms with van der Waals surface area (Å²) in [5.41, 5.74) is 3.33. The molecule has 2 aromatic rings. The summed E-state index contributed by atoms with van der Waals surface area (Å²) in [5.74, 6) is 0.297. The molecular formula is C26H31Cl2NO2. The van der Waals surface area contributed by atoms with Crippen LogP contribution in [0.15, 0.2) is 42.5 Å². The van der Waals surface area contributed by atoms with Gasteiger partial charge in [-0.3, -0.25) is 4.79 Å². The lowest BCUT2D eigenvalue weighted by Crippen LogP contribution is -2.42. The Morgan fingerprint density at radius 1 is 1.06 bits per heavy atom. The molecule has 2 aliphatic rings. The van der Waals surface area contributed by atoms with Crippen LogP contribution in [0.5, 0.6) is 0 Å². The molecule has 3 nitrogen and oxygen atoms in total. The second kappa shape index (κ2) is 9.52. The Bertz CT molecular complexity index is 937. The number of halogens is 2. The highest BCUT2D eigenvalue weighted by molar-refractivity contribution is 6.32. The van der Waals surface area contributed by atoms with Crippen molar-refractivity contribution in [3.63, 3.8) is 0 Å². The molecule has 0 aromatic heterocycles. The van der Waals surface area contributed by atoms with E-state index in [9.17, 15) is 9.90 Å². The summed E-state index contributed by atoms with van der Waals surface area (Å²) in [5, 5.41) is 10.7. The van der Waals surface area contributed by atoms with Gasteiger partial charge in [-0.15, -0.1) is 0 Å². The van der Waals surface area contributed by atoms with Gasteiger partial charge in [0.2, 0.25) is 5.91 Å². The van der Waals surface area contributed by atoms with Gasteiger partial charge in [0.25, 0.3) is 0 Å². The molecule has 0 spiro atoms. The van der Waals surface area contributed by atoms with Crippen molar-refractivity contribution in [1.29, 1.82) is 0 Å². The van der Waals surface area contributed by atoms with E-state index < -0.39 is 0 Å². The maximum Gasteiger partial charge on any atom is 0.226 e. The topological polar surface area (TPSA) is 40.5 Å². The van der Waals surface area contributed by atoms with Crippen LogP contribution in [0.25, 0.3) is 11.1 Å². The largest absolute Gasteiger partial charge is 0.396 e. The Labute approximate surface area is 195 Å². The van der Waals surface area contributed by atoms with E-state index in [1.165, 1.54) is 0 Å². The average Bonchev–Trinajstić information content (AvgIpc) is 3.10. The lowest BCUT2D eigenvalue weighted by Gasteiger charge is -2.40. The minimum absolute atomic E-state index is 0.0141. The molecule has 166 valence electrons. The molecule has 1 aliphatic heterocycles. The van der Waals surface area contributed by atoms with E-state index in [0.717, 1.165) is 61.8 Å². The van der Waals surface area contributed by atoms with Crippen LogP contribution in [0.2, 0.25) is 10.0 Å². The average molecular weight is 460 g/mol. The number of carbonyl (C=O) groups is 1. The molecule has 4 rings (SSSR count). The van der Waals surface area contributed by atoms with Crippen molar-refractivity contribution in [2.45, 2.75) is 57.9 Å². The van der Waals surface area contributed by atoms with Crippen LogP contribution in [0.1, 0.15) is 51.0 Å².